The van der Waals surface area contributed by atoms with E-state index in [4.69, 9.17) is 0 Å². The molecule has 0 aromatic carbocycles. The molecule has 17 heavy (non-hydrogen) atoms. The zero-order valence-electron chi connectivity index (χ0n) is 10.3. The van der Waals surface area contributed by atoms with Crippen LogP contribution in [0.1, 0.15) is 27.4 Å². The summed E-state index contributed by atoms with van der Waals surface area (Å²) in [5, 5.41) is 8.49. The van der Waals surface area contributed by atoms with Crippen molar-refractivity contribution < 1.29 is 4.79 Å². The van der Waals surface area contributed by atoms with Crippen molar-refractivity contribution in [1.82, 2.24) is 19.6 Å². The molecule has 5 nitrogen and oxygen atoms in total. The SMILES string of the molecule is Cc1nn(CCc2ccnn2C)c(C)c1C=O. The van der Waals surface area contributed by atoms with Gasteiger partial charge in [-0.05, 0) is 19.9 Å². The summed E-state index contributed by atoms with van der Waals surface area (Å²) in [4.78, 5) is 10.9. The molecule has 2 aromatic rings. The van der Waals surface area contributed by atoms with Gasteiger partial charge in [0.2, 0.25) is 0 Å². The van der Waals surface area contributed by atoms with E-state index in [2.05, 4.69) is 10.2 Å². The maximum absolute atomic E-state index is 10.9. The lowest BCUT2D eigenvalue weighted by atomic mass is 10.2. The van der Waals surface area contributed by atoms with Gasteiger partial charge in [-0.3, -0.25) is 14.2 Å². The van der Waals surface area contributed by atoms with Crippen molar-refractivity contribution in [2.24, 2.45) is 7.05 Å². The molecule has 0 fully saturated rings. The molecule has 5 heteroatoms. The molecule has 2 heterocycles. The van der Waals surface area contributed by atoms with Crippen molar-refractivity contribution in [2.75, 3.05) is 0 Å². The van der Waals surface area contributed by atoms with E-state index in [9.17, 15) is 4.79 Å². The maximum atomic E-state index is 10.9. The third-order valence-electron chi connectivity index (χ3n) is 3.06. The summed E-state index contributed by atoms with van der Waals surface area (Å²) in [6.07, 6.45) is 3.52. The average molecular weight is 232 g/mol. The van der Waals surface area contributed by atoms with Crippen LogP contribution in [0, 0.1) is 13.8 Å². The summed E-state index contributed by atoms with van der Waals surface area (Å²) >= 11 is 0. The van der Waals surface area contributed by atoms with Gasteiger partial charge in [0, 0.05) is 37.6 Å². The Kier molecular flexibility index (Phi) is 3.08. The number of aromatic nitrogens is 4. The summed E-state index contributed by atoms with van der Waals surface area (Å²) in [6.45, 7) is 4.55. The van der Waals surface area contributed by atoms with Crippen LogP contribution in [0.3, 0.4) is 0 Å². The van der Waals surface area contributed by atoms with Crippen molar-refractivity contribution in [3.63, 3.8) is 0 Å². The number of rotatable bonds is 4. The molecular formula is C12H16N4O. The zero-order chi connectivity index (χ0) is 12.4. The fourth-order valence-electron chi connectivity index (χ4n) is 1.97. The van der Waals surface area contributed by atoms with Crippen LogP contribution in [-0.4, -0.2) is 25.8 Å². The van der Waals surface area contributed by atoms with Gasteiger partial charge in [-0.2, -0.15) is 10.2 Å². The molecule has 0 saturated carbocycles. The van der Waals surface area contributed by atoms with E-state index in [1.165, 1.54) is 0 Å². The lowest BCUT2D eigenvalue weighted by Crippen LogP contribution is -2.08. The highest BCUT2D eigenvalue weighted by Gasteiger charge is 2.10. The Morgan fingerprint density at radius 3 is 2.71 bits per heavy atom. The summed E-state index contributed by atoms with van der Waals surface area (Å²) < 4.78 is 3.73. The highest BCUT2D eigenvalue weighted by atomic mass is 16.1. The van der Waals surface area contributed by atoms with Crippen molar-refractivity contribution in [3.8, 4) is 0 Å². The molecule has 0 amide bonds. The summed E-state index contributed by atoms with van der Waals surface area (Å²) in [6, 6.07) is 1.99. The predicted octanol–water partition coefficient (Wildman–Crippen LogP) is 1.29. The second-order valence-electron chi connectivity index (χ2n) is 4.12. The molecule has 0 aliphatic carbocycles. The average Bonchev–Trinajstić information content (AvgIpc) is 2.81. The van der Waals surface area contributed by atoms with Gasteiger partial charge < -0.3 is 0 Å². The molecule has 0 bridgehead atoms. The number of nitrogens with zero attached hydrogens (tertiary/aromatic N) is 4. The van der Waals surface area contributed by atoms with Crippen molar-refractivity contribution in [3.05, 3.63) is 34.9 Å². The minimum Gasteiger partial charge on any atom is -0.298 e. The van der Waals surface area contributed by atoms with Crippen LogP contribution in [0.25, 0.3) is 0 Å². The number of hydrogen-bond donors (Lipinski definition) is 0. The normalized spacial score (nSPS) is 10.8. The predicted molar refractivity (Wildman–Crippen MR) is 64.0 cm³/mol. The standard InChI is InChI=1S/C12H16N4O/c1-9-12(8-17)10(2)16(14-9)7-5-11-4-6-13-15(11)3/h4,6,8H,5,7H2,1-3H3. The van der Waals surface area contributed by atoms with Gasteiger partial charge in [-0.15, -0.1) is 0 Å². The minimum absolute atomic E-state index is 0.704. The molecule has 90 valence electrons. The van der Waals surface area contributed by atoms with E-state index >= 15 is 0 Å². The van der Waals surface area contributed by atoms with Crippen LogP contribution in [0.15, 0.2) is 12.3 Å². The second kappa shape index (κ2) is 4.53. The van der Waals surface area contributed by atoms with E-state index < -0.39 is 0 Å². The van der Waals surface area contributed by atoms with E-state index in [-0.39, 0.29) is 0 Å². The first-order chi connectivity index (χ1) is 8.13. The lowest BCUT2D eigenvalue weighted by Gasteiger charge is -2.04. The van der Waals surface area contributed by atoms with Gasteiger partial charge >= 0.3 is 0 Å². The van der Waals surface area contributed by atoms with Crippen LogP contribution < -0.4 is 0 Å². The molecule has 2 rings (SSSR count). The molecular weight excluding hydrogens is 216 g/mol. The van der Waals surface area contributed by atoms with Gasteiger partial charge in [0.25, 0.3) is 0 Å². The topological polar surface area (TPSA) is 52.7 Å². The van der Waals surface area contributed by atoms with E-state index in [1.54, 1.807) is 6.20 Å². The highest BCUT2D eigenvalue weighted by Crippen LogP contribution is 2.11. The molecule has 2 aromatic heterocycles. The van der Waals surface area contributed by atoms with Gasteiger partial charge in [-0.25, -0.2) is 0 Å². The summed E-state index contributed by atoms with van der Waals surface area (Å²) in [7, 11) is 1.92. The van der Waals surface area contributed by atoms with Crippen LogP contribution in [0.4, 0.5) is 0 Å². The van der Waals surface area contributed by atoms with Gasteiger partial charge in [-0.1, -0.05) is 0 Å². The molecule has 0 spiro atoms. The second-order valence-corrected chi connectivity index (χ2v) is 4.12. The van der Waals surface area contributed by atoms with Gasteiger partial charge in [0.15, 0.2) is 6.29 Å². The Hall–Kier alpha value is -1.91. The Morgan fingerprint density at radius 2 is 2.18 bits per heavy atom. The Balaban J connectivity index is 2.15. The first-order valence-electron chi connectivity index (χ1n) is 5.59. The molecule has 0 saturated heterocycles. The summed E-state index contributed by atoms with van der Waals surface area (Å²) in [5.41, 5.74) is 3.59. The van der Waals surface area contributed by atoms with E-state index in [0.29, 0.717) is 5.56 Å². The van der Waals surface area contributed by atoms with Crippen LogP contribution >= 0.6 is 0 Å². The molecule has 0 N–H and O–H groups in total. The number of aldehydes is 1. The third kappa shape index (κ3) is 2.13. The van der Waals surface area contributed by atoms with Crippen LogP contribution in [0.5, 0.6) is 0 Å². The minimum atomic E-state index is 0.704. The van der Waals surface area contributed by atoms with Crippen molar-refractivity contribution in [2.45, 2.75) is 26.8 Å². The molecule has 0 unspecified atom stereocenters. The quantitative estimate of drug-likeness (QED) is 0.746. The molecule has 0 atom stereocenters. The van der Waals surface area contributed by atoms with Crippen LogP contribution in [0.2, 0.25) is 0 Å². The lowest BCUT2D eigenvalue weighted by molar-refractivity contribution is 0.112. The highest BCUT2D eigenvalue weighted by molar-refractivity contribution is 5.77. The van der Waals surface area contributed by atoms with Gasteiger partial charge in [0.1, 0.15) is 0 Å². The third-order valence-corrected chi connectivity index (χ3v) is 3.06. The van der Waals surface area contributed by atoms with Gasteiger partial charge in [0.05, 0.1) is 11.3 Å². The van der Waals surface area contributed by atoms with Crippen molar-refractivity contribution in [1.29, 1.82) is 0 Å². The monoisotopic (exact) mass is 232 g/mol. The number of aryl methyl sites for hydroxylation is 4. The molecule has 0 aliphatic rings. The smallest absolute Gasteiger partial charge is 0.153 e. The number of carbonyl (C=O) groups is 1. The molecule has 0 aliphatic heterocycles. The fraction of sp³-hybridized carbons (Fsp3) is 0.417. The first-order valence-corrected chi connectivity index (χ1v) is 5.59. The Bertz CT molecular complexity index is 539. The van der Waals surface area contributed by atoms with Crippen molar-refractivity contribution >= 4 is 6.29 Å². The van der Waals surface area contributed by atoms with E-state index in [1.807, 2.05) is 36.3 Å². The fourth-order valence-corrected chi connectivity index (χ4v) is 1.97. The largest absolute Gasteiger partial charge is 0.298 e. The number of carbonyl (C=O) groups excluding carboxylic acids is 1. The molecule has 0 radical (unpaired) electrons. The Labute approximate surface area is 100 Å². The van der Waals surface area contributed by atoms with E-state index in [0.717, 1.165) is 36.3 Å². The zero-order valence-corrected chi connectivity index (χ0v) is 10.3. The van der Waals surface area contributed by atoms with Crippen LogP contribution in [-0.2, 0) is 20.0 Å². The summed E-state index contributed by atoms with van der Waals surface area (Å²) in [5.74, 6) is 0. The number of hydrogen-bond acceptors (Lipinski definition) is 3. The first kappa shape index (κ1) is 11.6. The maximum Gasteiger partial charge on any atom is 0.153 e. The Morgan fingerprint density at radius 1 is 1.41 bits per heavy atom.